The van der Waals surface area contributed by atoms with E-state index in [4.69, 9.17) is 14.2 Å². The predicted molar refractivity (Wildman–Crippen MR) is 94.1 cm³/mol. The van der Waals surface area contributed by atoms with Crippen molar-refractivity contribution < 1.29 is 19.0 Å². The second-order valence-electron chi connectivity index (χ2n) is 5.36. The highest BCUT2D eigenvalue weighted by Crippen LogP contribution is 2.29. The summed E-state index contributed by atoms with van der Waals surface area (Å²) in [5, 5.41) is 2.88. The molecule has 0 aliphatic rings. The minimum atomic E-state index is -0.633. The molecule has 0 saturated carbocycles. The van der Waals surface area contributed by atoms with Gasteiger partial charge in [0.05, 0.1) is 19.9 Å². The molecule has 0 heterocycles. The molecule has 0 fully saturated rings. The zero-order valence-corrected chi connectivity index (χ0v) is 14.5. The number of carbonyl (C=O) groups is 1. The first-order chi connectivity index (χ1) is 11.6. The van der Waals surface area contributed by atoms with Crippen LogP contribution in [-0.4, -0.2) is 26.2 Å². The molecule has 0 aliphatic heterocycles. The van der Waals surface area contributed by atoms with E-state index in [1.165, 1.54) is 0 Å². The molecular weight excluding hydrogens is 306 g/mol. The fraction of sp³-hybridized carbons (Fsp3) is 0.316. The average molecular weight is 329 g/mol. The van der Waals surface area contributed by atoms with E-state index in [1.54, 1.807) is 26.4 Å². The second kappa shape index (κ2) is 8.24. The maximum atomic E-state index is 12.6. The molecule has 2 aromatic rings. The number of aryl methyl sites for hydroxylation is 1. The number of para-hydroxylation sites is 2. The van der Waals surface area contributed by atoms with Crippen molar-refractivity contribution in [2.24, 2.45) is 0 Å². The molecule has 1 amide bonds. The Kier molecular flexibility index (Phi) is 6.07. The Morgan fingerprint density at radius 2 is 1.71 bits per heavy atom. The van der Waals surface area contributed by atoms with Crippen LogP contribution in [0.4, 0.5) is 5.69 Å². The third kappa shape index (κ3) is 4.19. The molecule has 0 radical (unpaired) electrons. The molecule has 5 heteroatoms. The predicted octanol–water partition coefficient (Wildman–Crippen LogP) is 3.81. The lowest BCUT2D eigenvalue weighted by Gasteiger charge is -2.19. The molecular formula is C19H23NO4. The highest BCUT2D eigenvalue weighted by Gasteiger charge is 2.21. The summed E-state index contributed by atoms with van der Waals surface area (Å²) in [5.41, 5.74) is 1.66. The number of carbonyl (C=O) groups excluding carboxylic acids is 1. The molecule has 128 valence electrons. The summed E-state index contributed by atoms with van der Waals surface area (Å²) >= 11 is 0. The van der Waals surface area contributed by atoms with Gasteiger partial charge in [-0.3, -0.25) is 4.79 Å². The highest BCUT2D eigenvalue weighted by molar-refractivity contribution is 5.95. The zero-order chi connectivity index (χ0) is 17.5. The molecule has 0 spiro atoms. The van der Waals surface area contributed by atoms with Crippen LogP contribution in [0.25, 0.3) is 0 Å². The van der Waals surface area contributed by atoms with Gasteiger partial charge in [0, 0.05) is 0 Å². The van der Waals surface area contributed by atoms with Crippen LogP contribution in [-0.2, 0) is 4.79 Å². The van der Waals surface area contributed by atoms with Crippen molar-refractivity contribution in [1.82, 2.24) is 0 Å². The molecule has 1 atom stereocenters. The zero-order valence-electron chi connectivity index (χ0n) is 14.5. The van der Waals surface area contributed by atoms with Crippen molar-refractivity contribution in [2.75, 3.05) is 19.5 Å². The fourth-order valence-corrected chi connectivity index (χ4v) is 2.32. The van der Waals surface area contributed by atoms with Gasteiger partial charge in [0.25, 0.3) is 5.91 Å². The van der Waals surface area contributed by atoms with Crippen LogP contribution in [0.15, 0.2) is 42.5 Å². The molecule has 24 heavy (non-hydrogen) atoms. The maximum absolute atomic E-state index is 12.6. The lowest BCUT2D eigenvalue weighted by molar-refractivity contribution is -0.122. The summed E-state index contributed by atoms with van der Waals surface area (Å²) in [5.74, 6) is 1.52. The Hall–Kier alpha value is -2.69. The topological polar surface area (TPSA) is 56.8 Å². The highest BCUT2D eigenvalue weighted by atomic mass is 16.5. The number of nitrogens with one attached hydrogen (secondary N) is 1. The Bertz CT molecular complexity index is 700. The number of benzene rings is 2. The Balaban J connectivity index is 2.16. The SMILES string of the molecule is CCC(Oc1ccccc1OC)C(=O)Nc1cc(C)ccc1OC. The first-order valence-electron chi connectivity index (χ1n) is 7.84. The van der Waals surface area contributed by atoms with Crippen LogP contribution >= 0.6 is 0 Å². The fourth-order valence-electron chi connectivity index (χ4n) is 2.32. The van der Waals surface area contributed by atoms with Gasteiger partial charge in [-0.15, -0.1) is 0 Å². The van der Waals surface area contributed by atoms with Gasteiger partial charge in [-0.05, 0) is 43.2 Å². The summed E-state index contributed by atoms with van der Waals surface area (Å²) < 4.78 is 16.4. The summed E-state index contributed by atoms with van der Waals surface area (Å²) in [6, 6.07) is 12.9. The van der Waals surface area contributed by atoms with Gasteiger partial charge in [0.15, 0.2) is 17.6 Å². The third-order valence-electron chi connectivity index (χ3n) is 3.61. The second-order valence-corrected chi connectivity index (χ2v) is 5.36. The summed E-state index contributed by atoms with van der Waals surface area (Å²) in [6.07, 6.45) is -0.107. The van der Waals surface area contributed by atoms with Crippen LogP contribution in [0.1, 0.15) is 18.9 Å². The Morgan fingerprint density at radius 1 is 1.04 bits per heavy atom. The van der Waals surface area contributed by atoms with E-state index in [1.807, 2.05) is 44.2 Å². The van der Waals surface area contributed by atoms with Crippen molar-refractivity contribution >= 4 is 11.6 Å². The van der Waals surface area contributed by atoms with Crippen LogP contribution in [0.3, 0.4) is 0 Å². The van der Waals surface area contributed by atoms with E-state index < -0.39 is 6.10 Å². The quantitative estimate of drug-likeness (QED) is 0.839. The number of rotatable bonds is 7. The number of hydrogen-bond donors (Lipinski definition) is 1. The van der Waals surface area contributed by atoms with Gasteiger partial charge in [-0.25, -0.2) is 0 Å². The normalized spacial score (nSPS) is 11.5. The first-order valence-corrected chi connectivity index (χ1v) is 7.84. The molecule has 0 aromatic heterocycles. The standard InChI is InChI=1S/C19H23NO4/c1-5-15(24-18-9-7-6-8-17(18)23-4)19(21)20-14-12-13(2)10-11-16(14)22-3/h6-12,15H,5H2,1-4H3,(H,20,21). The number of amides is 1. The summed E-state index contributed by atoms with van der Waals surface area (Å²) in [4.78, 5) is 12.6. The van der Waals surface area contributed by atoms with Gasteiger partial charge in [-0.1, -0.05) is 25.1 Å². The number of ether oxygens (including phenoxy) is 3. The largest absolute Gasteiger partial charge is 0.495 e. The summed E-state index contributed by atoms with van der Waals surface area (Å²) in [7, 11) is 3.14. The molecule has 2 aromatic carbocycles. The smallest absolute Gasteiger partial charge is 0.265 e. The van der Waals surface area contributed by atoms with Gasteiger partial charge in [-0.2, -0.15) is 0 Å². The molecule has 5 nitrogen and oxygen atoms in total. The van der Waals surface area contributed by atoms with E-state index >= 15 is 0 Å². The number of hydrogen-bond acceptors (Lipinski definition) is 4. The van der Waals surface area contributed by atoms with Crippen molar-refractivity contribution in [3.63, 3.8) is 0 Å². The lowest BCUT2D eigenvalue weighted by atomic mass is 10.2. The van der Waals surface area contributed by atoms with E-state index in [0.29, 0.717) is 29.4 Å². The molecule has 0 bridgehead atoms. The minimum Gasteiger partial charge on any atom is -0.495 e. The van der Waals surface area contributed by atoms with Gasteiger partial charge in [0.2, 0.25) is 0 Å². The van der Waals surface area contributed by atoms with E-state index in [2.05, 4.69) is 5.32 Å². The minimum absolute atomic E-state index is 0.229. The Morgan fingerprint density at radius 3 is 2.33 bits per heavy atom. The van der Waals surface area contributed by atoms with Gasteiger partial charge >= 0.3 is 0 Å². The molecule has 0 aliphatic carbocycles. The van der Waals surface area contributed by atoms with Gasteiger partial charge in [0.1, 0.15) is 5.75 Å². The number of methoxy groups -OCH3 is 2. The van der Waals surface area contributed by atoms with Gasteiger partial charge < -0.3 is 19.5 Å². The van der Waals surface area contributed by atoms with Crippen LogP contribution in [0.2, 0.25) is 0 Å². The van der Waals surface area contributed by atoms with Crippen LogP contribution in [0, 0.1) is 6.92 Å². The van der Waals surface area contributed by atoms with Crippen molar-refractivity contribution in [2.45, 2.75) is 26.4 Å². The van der Waals surface area contributed by atoms with Crippen molar-refractivity contribution in [3.8, 4) is 17.2 Å². The first kappa shape index (κ1) is 17.7. The van der Waals surface area contributed by atoms with E-state index in [-0.39, 0.29) is 5.91 Å². The monoisotopic (exact) mass is 329 g/mol. The Labute approximate surface area is 142 Å². The van der Waals surface area contributed by atoms with Crippen molar-refractivity contribution in [3.05, 3.63) is 48.0 Å². The third-order valence-corrected chi connectivity index (χ3v) is 3.61. The molecule has 0 saturated heterocycles. The summed E-state index contributed by atoms with van der Waals surface area (Å²) in [6.45, 7) is 3.85. The molecule has 1 unspecified atom stereocenters. The molecule has 1 N–H and O–H groups in total. The lowest BCUT2D eigenvalue weighted by Crippen LogP contribution is -2.32. The van der Waals surface area contributed by atoms with Crippen LogP contribution in [0.5, 0.6) is 17.2 Å². The maximum Gasteiger partial charge on any atom is 0.265 e. The average Bonchev–Trinajstić information content (AvgIpc) is 2.60. The van der Waals surface area contributed by atoms with Crippen molar-refractivity contribution in [1.29, 1.82) is 0 Å². The van der Waals surface area contributed by atoms with Crippen LogP contribution < -0.4 is 19.5 Å². The van der Waals surface area contributed by atoms with E-state index in [9.17, 15) is 4.79 Å². The van der Waals surface area contributed by atoms with E-state index in [0.717, 1.165) is 5.56 Å². The number of anilines is 1. The molecule has 2 rings (SSSR count).